The number of amides is 1. The van der Waals surface area contributed by atoms with E-state index in [0.717, 1.165) is 55.9 Å². The van der Waals surface area contributed by atoms with Gasteiger partial charge in [0, 0.05) is 30.7 Å². The summed E-state index contributed by atoms with van der Waals surface area (Å²) >= 11 is 1.14. The van der Waals surface area contributed by atoms with Crippen molar-refractivity contribution in [2.45, 2.75) is 32.4 Å². The predicted molar refractivity (Wildman–Crippen MR) is 98.3 cm³/mol. The zero-order valence-electron chi connectivity index (χ0n) is 14.2. The summed E-state index contributed by atoms with van der Waals surface area (Å²) in [5.41, 5.74) is 1.83. The summed E-state index contributed by atoms with van der Waals surface area (Å²) < 4.78 is 0. The molecule has 1 aromatic heterocycles. The molecule has 2 atom stereocenters. The number of likely N-dealkylation sites (tertiary alicyclic amines) is 1. The molecule has 2 fully saturated rings. The Morgan fingerprint density at radius 1 is 1.36 bits per heavy atom. The molecule has 1 aliphatic heterocycles. The number of rotatable bonds is 5. The monoisotopic (exact) mass is 357 g/mol. The van der Waals surface area contributed by atoms with Gasteiger partial charge in [0.1, 0.15) is 0 Å². The van der Waals surface area contributed by atoms with Crippen LogP contribution < -0.4 is 10.2 Å². The standard InChI is InChI=1S/C19H23N3O2S/c23-17(20-9-16-12-25-18(24)21-16)19-8-4-7-15(19)11-22(13-19)10-14-5-2-1-3-6-14/h1-3,5-6,12,15H,4,7-11,13H2,(H,20,23)(H,21,24)/t15-,19-/m1/s1. The van der Waals surface area contributed by atoms with Gasteiger partial charge in [0.05, 0.1) is 12.0 Å². The van der Waals surface area contributed by atoms with Gasteiger partial charge in [-0.15, -0.1) is 0 Å². The number of carbonyl (C=O) groups excluding carboxylic acids is 1. The van der Waals surface area contributed by atoms with Crippen LogP contribution >= 0.6 is 11.3 Å². The van der Waals surface area contributed by atoms with Gasteiger partial charge in [-0.3, -0.25) is 14.5 Å². The first-order valence-electron chi connectivity index (χ1n) is 8.87. The van der Waals surface area contributed by atoms with E-state index in [4.69, 9.17) is 0 Å². The molecule has 2 heterocycles. The SMILES string of the molecule is O=C(NCc1csc(=O)[nH]1)[C@@]12CCC[C@@H]1CN(Cc1ccccc1)C2. The van der Waals surface area contributed by atoms with E-state index in [1.54, 1.807) is 5.38 Å². The fourth-order valence-corrected chi connectivity index (χ4v) is 5.06. The molecule has 25 heavy (non-hydrogen) atoms. The number of hydrogen-bond donors (Lipinski definition) is 2. The van der Waals surface area contributed by atoms with Gasteiger partial charge >= 0.3 is 4.87 Å². The Labute approximate surface area is 151 Å². The zero-order valence-corrected chi connectivity index (χ0v) is 15.0. The third kappa shape index (κ3) is 3.28. The van der Waals surface area contributed by atoms with Crippen molar-refractivity contribution in [3.05, 3.63) is 56.6 Å². The van der Waals surface area contributed by atoms with Gasteiger partial charge in [-0.05, 0) is 24.3 Å². The third-order valence-electron chi connectivity index (χ3n) is 5.65. The molecule has 1 amide bonds. The molecule has 1 saturated carbocycles. The van der Waals surface area contributed by atoms with Gasteiger partial charge in [0.25, 0.3) is 0 Å². The van der Waals surface area contributed by atoms with Gasteiger partial charge in [-0.1, -0.05) is 48.1 Å². The molecule has 2 aromatic rings. The lowest BCUT2D eigenvalue weighted by Gasteiger charge is -2.27. The van der Waals surface area contributed by atoms with E-state index in [-0.39, 0.29) is 16.2 Å². The summed E-state index contributed by atoms with van der Waals surface area (Å²) in [7, 11) is 0. The molecule has 1 saturated heterocycles. The van der Waals surface area contributed by atoms with Gasteiger partial charge in [0.15, 0.2) is 0 Å². The molecule has 132 valence electrons. The number of aromatic amines is 1. The summed E-state index contributed by atoms with van der Waals surface area (Å²) in [4.78, 5) is 29.3. The summed E-state index contributed by atoms with van der Waals surface area (Å²) in [6.45, 7) is 3.14. The first-order valence-corrected chi connectivity index (χ1v) is 9.75. The molecule has 2 aliphatic rings. The summed E-state index contributed by atoms with van der Waals surface area (Å²) in [6, 6.07) is 10.5. The van der Waals surface area contributed by atoms with Crippen molar-refractivity contribution in [3.8, 4) is 0 Å². The molecule has 0 unspecified atom stereocenters. The summed E-state index contributed by atoms with van der Waals surface area (Å²) in [5, 5.41) is 4.85. The number of H-pyrrole nitrogens is 1. The van der Waals surface area contributed by atoms with Gasteiger partial charge in [-0.2, -0.15) is 0 Å². The van der Waals surface area contributed by atoms with Crippen molar-refractivity contribution in [1.82, 2.24) is 15.2 Å². The highest BCUT2D eigenvalue weighted by molar-refractivity contribution is 7.07. The topological polar surface area (TPSA) is 65.2 Å². The van der Waals surface area contributed by atoms with Crippen LogP contribution in [0, 0.1) is 11.3 Å². The van der Waals surface area contributed by atoms with Gasteiger partial charge < -0.3 is 10.3 Å². The van der Waals surface area contributed by atoms with E-state index in [2.05, 4.69) is 39.5 Å². The maximum absolute atomic E-state index is 13.0. The highest BCUT2D eigenvalue weighted by Crippen LogP contribution is 2.49. The number of benzene rings is 1. The first-order chi connectivity index (χ1) is 12.2. The van der Waals surface area contributed by atoms with Crippen molar-refractivity contribution in [2.24, 2.45) is 11.3 Å². The second-order valence-electron chi connectivity index (χ2n) is 7.26. The van der Waals surface area contributed by atoms with Crippen molar-refractivity contribution >= 4 is 17.2 Å². The minimum Gasteiger partial charge on any atom is -0.350 e. The Morgan fingerprint density at radius 3 is 2.96 bits per heavy atom. The van der Waals surface area contributed by atoms with E-state index in [9.17, 15) is 9.59 Å². The molecule has 5 nitrogen and oxygen atoms in total. The number of carbonyl (C=O) groups is 1. The van der Waals surface area contributed by atoms with Crippen molar-refractivity contribution in [2.75, 3.05) is 13.1 Å². The quantitative estimate of drug-likeness (QED) is 0.863. The largest absolute Gasteiger partial charge is 0.350 e. The lowest BCUT2D eigenvalue weighted by Crippen LogP contribution is -2.44. The van der Waals surface area contributed by atoms with Crippen LogP contribution in [0.2, 0.25) is 0 Å². The van der Waals surface area contributed by atoms with Crippen LogP contribution in [0.1, 0.15) is 30.5 Å². The second kappa shape index (κ2) is 6.77. The smallest absolute Gasteiger partial charge is 0.304 e. The van der Waals surface area contributed by atoms with E-state index in [1.807, 2.05) is 6.07 Å². The molecule has 1 aromatic carbocycles. The van der Waals surface area contributed by atoms with E-state index in [0.29, 0.717) is 12.5 Å². The van der Waals surface area contributed by atoms with E-state index in [1.165, 1.54) is 5.56 Å². The van der Waals surface area contributed by atoms with Gasteiger partial charge in [0.2, 0.25) is 5.91 Å². The Hall–Kier alpha value is -1.92. The molecule has 1 aliphatic carbocycles. The molecule has 4 rings (SSSR count). The zero-order chi connectivity index (χ0) is 17.3. The molecule has 0 radical (unpaired) electrons. The first kappa shape index (κ1) is 16.5. The van der Waals surface area contributed by atoms with Crippen LogP contribution in [0.25, 0.3) is 0 Å². The number of thiazole rings is 1. The molecule has 6 heteroatoms. The molecular weight excluding hydrogens is 334 g/mol. The van der Waals surface area contributed by atoms with Crippen molar-refractivity contribution in [1.29, 1.82) is 0 Å². The molecule has 0 spiro atoms. The average Bonchev–Trinajstić information content (AvgIpc) is 3.28. The molecule has 0 bridgehead atoms. The number of nitrogens with one attached hydrogen (secondary N) is 2. The summed E-state index contributed by atoms with van der Waals surface area (Å²) in [5.74, 6) is 0.593. The Kier molecular flexibility index (Phi) is 4.48. The Bertz CT molecular complexity index is 800. The fourth-order valence-electron chi connectivity index (χ4n) is 4.48. The van der Waals surface area contributed by atoms with Crippen LogP contribution in [0.4, 0.5) is 0 Å². The van der Waals surface area contributed by atoms with E-state index >= 15 is 0 Å². The third-order valence-corrected chi connectivity index (χ3v) is 6.37. The van der Waals surface area contributed by atoms with E-state index < -0.39 is 0 Å². The van der Waals surface area contributed by atoms with Crippen LogP contribution in [-0.4, -0.2) is 28.9 Å². The maximum Gasteiger partial charge on any atom is 0.304 e. The molecule has 2 N–H and O–H groups in total. The molecular formula is C19H23N3O2S. The minimum absolute atomic E-state index is 0.0731. The Morgan fingerprint density at radius 2 is 2.20 bits per heavy atom. The van der Waals surface area contributed by atoms with Crippen LogP contribution in [0.15, 0.2) is 40.5 Å². The number of hydrogen-bond acceptors (Lipinski definition) is 4. The van der Waals surface area contributed by atoms with Crippen LogP contribution in [0.5, 0.6) is 0 Å². The predicted octanol–water partition coefficient (Wildman–Crippen LogP) is 2.35. The summed E-state index contributed by atoms with van der Waals surface area (Å²) in [6.07, 6.45) is 3.23. The lowest BCUT2D eigenvalue weighted by molar-refractivity contribution is -0.131. The highest BCUT2D eigenvalue weighted by Gasteiger charge is 2.54. The van der Waals surface area contributed by atoms with Gasteiger partial charge in [-0.25, -0.2) is 0 Å². The second-order valence-corrected chi connectivity index (χ2v) is 8.10. The highest BCUT2D eigenvalue weighted by atomic mass is 32.1. The fraction of sp³-hybridized carbons (Fsp3) is 0.474. The maximum atomic E-state index is 13.0. The van der Waals surface area contributed by atoms with Crippen LogP contribution in [0.3, 0.4) is 0 Å². The van der Waals surface area contributed by atoms with Crippen LogP contribution in [-0.2, 0) is 17.9 Å². The van der Waals surface area contributed by atoms with Crippen molar-refractivity contribution in [3.63, 3.8) is 0 Å². The Balaban J connectivity index is 1.43. The number of aromatic nitrogens is 1. The number of nitrogens with zero attached hydrogens (tertiary/aromatic N) is 1. The average molecular weight is 357 g/mol. The number of fused-ring (bicyclic) bond motifs is 1. The lowest BCUT2D eigenvalue weighted by atomic mass is 9.80. The minimum atomic E-state index is -0.259. The normalized spacial score (nSPS) is 25.8. The van der Waals surface area contributed by atoms with Crippen molar-refractivity contribution < 1.29 is 4.79 Å².